The Labute approximate surface area is 254 Å². The van der Waals surface area contributed by atoms with E-state index in [9.17, 15) is 33.9 Å². The molecule has 0 rings (SSSR count). The Morgan fingerprint density at radius 3 is 1.47 bits per heavy atom. The minimum absolute atomic E-state index is 0.110. The third-order valence-electron chi connectivity index (χ3n) is 5.65. The molecule has 0 saturated heterocycles. The van der Waals surface area contributed by atoms with Gasteiger partial charge in [-0.1, -0.05) is 0 Å². The van der Waals surface area contributed by atoms with Crippen LogP contribution in [0.25, 0.3) is 0 Å². The average Bonchev–Trinajstić information content (AvgIpc) is 2.84. The number of amides is 5. The number of ether oxygens (including phenoxy) is 2. The Morgan fingerprint density at radius 1 is 0.651 bits per heavy atom. The van der Waals surface area contributed by atoms with Crippen LogP contribution in [0.1, 0.15) is 93.9 Å². The summed E-state index contributed by atoms with van der Waals surface area (Å²) in [5.74, 6) is -3.14. The van der Waals surface area contributed by atoms with Gasteiger partial charge in [-0.2, -0.15) is 0 Å². The molecule has 0 saturated carbocycles. The van der Waals surface area contributed by atoms with Crippen LogP contribution in [0.3, 0.4) is 0 Å². The standard InChI is InChI=1S/C28H52N6O9/c1-17(33-23(37)19(29)13-9-11-15-30-25(40)42-27(3,4)5)21(35)32-18(2)22(36)34-20(24(38)39)14-10-12-16-31-26(41)43-28(6,7)8/h17-20H,9-16,29H2,1-8H3,(H,30,40)(H,31,41)(H,32,35)(H,33,37)(H,34,36)(H,38,39)/t17-,18-,19-,20-/m0/s1. The van der Waals surface area contributed by atoms with E-state index in [0.29, 0.717) is 38.6 Å². The molecule has 8 N–H and O–H groups in total. The monoisotopic (exact) mass is 616 g/mol. The van der Waals surface area contributed by atoms with Gasteiger partial charge in [0, 0.05) is 13.1 Å². The Kier molecular flexibility index (Phi) is 17.2. The van der Waals surface area contributed by atoms with E-state index in [0.717, 1.165) is 0 Å². The number of nitrogens with one attached hydrogen (secondary N) is 5. The number of unbranched alkanes of at least 4 members (excludes halogenated alkanes) is 2. The van der Waals surface area contributed by atoms with Crippen LogP contribution >= 0.6 is 0 Å². The van der Waals surface area contributed by atoms with Crippen molar-refractivity contribution >= 4 is 35.9 Å². The van der Waals surface area contributed by atoms with Crippen molar-refractivity contribution in [2.75, 3.05) is 13.1 Å². The fourth-order valence-electron chi connectivity index (χ4n) is 3.45. The summed E-state index contributed by atoms with van der Waals surface area (Å²) in [7, 11) is 0. The Hall–Kier alpha value is -3.62. The zero-order chi connectivity index (χ0) is 33.4. The first-order chi connectivity index (χ1) is 19.7. The molecule has 5 amide bonds. The highest BCUT2D eigenvalue weighted by Gasteiger charge is 2.26. The molecule has 0 unspecified atom stereocenters. The van der Waals surface area contributed by atoms with Crippen LogP contribution in [0.15, 0.2) is 0 Å². The lowest BCUT2D eigenvalue weighted by Gasteiger charge is -2.22. The summed E-state index contributed by atoms with van der Waals surface area (Å²) in [6.07, 6.45) is 1.32. The number of nitrogens with two attached hydrogens (primary N) is 1. The summed E-state index contributed by atoms with van der Waals surface area (Å²) in [4.78, 5) is 72.4. The molecule has 248 valence electrons. The van der Waals surface area contributed by atoms with Gasteiger partial charge < -0.3 is 46.9 Å². The second kappa shape index (κ2) is 18.8. The van der Waals surface area contributed by atoms with Gasteiger partial charge in [0.1, 0.15) is 29.3 Å². The molecule has 0 spiro atoms. The Balaban J connectivity index is 4.46. The molecule has 0 heterocycles. The van der Waals surface area contributed by atoms with Crippen LogP contribution in [0.2, 0.25) is 0 Å². The molecule has 0 radical (unpaired) electrons. The molecule has 0 aliphatic rings. The van der Waals surface area contributed by atoms with Gasteiger partial charge in [-0.15, -0.1) is 0 Å². The third-order valence-corrected chi connectivity index (χ3v) is 5.65. The average molecular weight is 617 g/mol. The van der Waals surface area contributed by atoms with Crippen LogP contribution in [-0.2, 0) is 28.7 Å². The maximum atomic E-state index is 12.5. The number of aliphatic carboxylic acids is 1. The number of carboxylic acid groups (broad SMARTS) is 1. The van der Waals surface area contributed by atoms with Crippen LogP contribution in [0.5, 0.6) is 0 Å². The minimum Gasteiger partial charge on any atom is -0.480 e. The molecule has 15 nitrogen and oxygen atoms in total. The van der Waals surface area contributed by atoms with Crippen LogP contribution < -0.4 is 32.3 Å². The van der Waals surface area contributed by atoms with E-state index in [1.807, 2.05) is 0 Å². The first kappa shape index (κ1) is 39.4. The van der Waals surface area contributed by atoms with Crippen molar-refractivity contribution in [3.63, 3.8) is 0 Å². The van der Waals surface area contributed by atoms with Gasteiger partial charge in [0.15, 0.2) is 0 Å². The fourth-order valence-corrected chi connectivity index (χ4v) is 3.45. The Bertz CT molecular complexity index is 946. The number of carbonyl (C=O) groups is 6. The molecular formula is C28H52N6O9. The number of hydrogen-bond acceptors (Lipinski definition) is 9. The van der Waals surface area contributed by atoms with Gasteiger partial charge >= 0.3 is 18.2 Å². The molecule has 0 aromatic carbocycles. The predicted molar refractivity (Wildman–Crippen MR) is 159 cm³/mol. The molecule has 0 fully saturated rings. The highest BCUT2D eigenvalue weighted by Crippen LogP contribution is 2.08. The van der Waals surface area contributed by atoms with E-state index in [1.54, 1.807) is 41.5 Å². The number of carboxylic acids is 1. The number of hydrogen-bond donors (Lipinski definition) is 7. The maximum Gasteiger partial charge on any atom is 0.407 e. The van der Waals surface area contributed by atoms with E-state index in [1.165, 1.54) is 13.8 Å². The summed E-state index contributed by atoms with van der Waals surface area (Å²) in [6, 6.07) is -4.15. The van der Waals surface area contributed by atoms with Crippen LogP contribution in [-0.4, -0.2) is 89.4 Å². The molecular weight excluding hydrogens is 564 g/mol. The van der Waals surface area contributed by atoms with Crippen molar-refractivity contribution in [2.24, 2.45) is 5.73 Å². The van der Waals surface area contributed by atoms with Crippen molar-refractivity contribution < 1.29 is 43.3 Å². The summed E-state index contributed by atoms with van der Waals surface area (Å²) >= 11 is 0. The number of alkyl carbamates (subject to hydrolysis) is 2. The topological polar surface area (TPSA) is 227 Å². The van der Waals surface area contributed by atoms with Gasteiger partial charge in [-0.05, 0) is 93.9 Å². The molecule has 0 aromatic heterocycles. The lowest BCUT2D eigenvalue weighted by molar-refractivity contribution is -0.142. The van der Waals surface area contributed by atoms with E-state index in [-0.39, 0.29) is 13.0 Å². The van der Waals surface area contributed by atoms with Crippen molar-refractivity contribution in [2.45, 2.75) is 129 Å². The summed E-state index contributed by atoms with van der Waals surface area (Å²) in [6.45, 7) is 14.0. The Morgan fingerprint density at radius 2 is 1.05 bits per heavy atom. The normalized spacial score (nSPS) is 14.3. The molecule has 43 heavy (non-hydrogen) atoms. The molecule has 15 heteroatoms. The largest absolute Gasteiger partial charge is 0.480 e. The lowest BCUT2D eigenvalue weighted by Crippen LogP contribution is -2.55. The second-order valence-electron chi connectivity index (χ2n) is 12.3. The minimum atomic E-state index is -1.23. The van der Waals surface area contributed by atoms with E-state index in [2.05, 4.69) is 26.6 Å². The SMILES string of the molecule is C[C@H](NC(=O)[C@H](C)NC(=O)[C@@H](N)CCCCNC(=O)OC(C)(C)C)C(=O)N[C@@H](CCCCNC(=O)OC(C)(C)C)C(=O)O. The molecule has 0 aromatic rings. The number of carbonyl (C=O) groups excluding carboxylic acids is 5. The van der Waals surface area contributed by atoms with Gasteiger partial charge in [0.25, 0.3) is 0 Å². The van der Waals surface area contributed by atoms with Gasteiger partial charge in [0.05, 0.1) is 6.04 Å². The van der Waals surface area contributed by atoms with Crippen molar-refractivity contribution in [1.29, 1.82) is 0 Å². The zero-order valence-electron chi connectivity index (χ0n) is 26.8. The molecule has 4 atom stereocenters. The summed E-state index contributed by atoms with van der Waals surface area (Å²) in [5.41, 5.74) is 4.69. The molecule has 0 bridgehead atoms. The van der Waals surface area contributed by atoms with Gasteiger partial charge in [-0.3, -0.25) is 14.4 Å². The van der Waals surface area contributed by atoms with Crippen LogP contribution in [0.4, 0.5) is 9.59 Å². The van der Waals surface area contributed by atoms with Crippen molar-refractivity contribution in [3.05, 3.63) is 0 Å². The highest BCUT2D eigenvalue weighted by molar-refractivity contribution is 5.93. The van der Waals surface area contributed by atoms with Crippen molar-refractivity contribution in [1.82, 2.24) is 26.6 Å². The van der Waals surface area contributed by atoms with E-state index < -0.39 is 71.2 Å². The predicted octanol–water partition coefficient (Wildman–Crippen LogP) is 1.28. The summed E-state index contributed by atoms with van der Waals surface area (Å²) in [5, 5.41) is 22.0. The first-order valence-electron chi connectivity index (χ1n) is 14.5. The fraction of sp³-hybridized carbons (Fsp3) is 0.786. The third kappa shape index (κ3) is 20.0. The smallest absolute Gasteiger partial charge is 0.407 e. The van der Waals surface area contributed by atoms with E-state index >= 15 is 0 Å². The lowest BCUT2D eigenvalue weighted by atomic mass is 10.1. The molecule has 0 aliphatic carbocycles. The quantitative estimate of drug-likeness (QED) is 0.116. The highest BCUT2D eigenvalue weighted by atomic mass is 16.6. The van der Waals surface area contributed by atoms with Gasteiger partial charge in [-0.25, -0.2) is 14.4 Å². The second-order valence-corrected chi connectivity index (χ2v) is 12.3. The number of rotatable bonds is 17. The van der Waals surface area contributed by atoms with Crippen molar-refractivity contribution in [3.8, 4) is 0 Å². The van der Waals surface area contributed by atoms with E-state index in [4.69, 9.17) is 15.2 Å². The first-order valence-corrected chi connectivity index (χ1v) is 14.5. The molecule has 0 aliphatic heterocycles. The maximum absolute atomic E-state index is 12.5. The summed E-state index contributed by atoms with van der Waals surface area (Å²) < 4.78 is 10.3. The zero-order valence-corrected chi connectivity index (χ0v) is 26.8. The van der Waals surface area contributed by atoms with Crippen LogP contribution in [0, 0.1) is 0 Å². The van der Waals surface area contributed by atoms with Gasteiger partial charge in [0.2, 0.25) is 17.7 Å².